The number of Topliss-reactive ketones (excluding diaryl/α,β-unsaturated/α-hetero) is 2. The summed E-state index contributed by atoms with van der Waals surface area (Å²) in [5.74, 6) is 4.18. The number of hydrogen-bond acceptors (Lipinski definition) is 3. The van der Waals surface area contributed by atoms with E-state index in [0.29, 0.717) is 36.7 Å². The topological polar surface area (TPSA) is 54.4 Å². The average Bonchev–Trinajstić information content (AvgIpc) is 2.83. The SMILES string of the molecule is C#C[C@@H]1C[C@@H]2CC(=O)[C@@H]3[C@@H](CC[C@]4(C)C(=O)CC[C@@H]34)[C@@]2(C)C[C@@H]1O. The van der Waals surface area contributed by atoms with Crippen LogP contribution in [0.5, 0.6) is 0 Å². The van der Waals surface area contributed by atoms with Gasteiger partial charge in [-0.05, 0) is 55.3 Å². The predicted octanol–water partition coefficient (Wildman–Crippen LogP) is 3.00. The minimum absolute atomic E-state index is 0.0156. The Labute approximate surface area is 144 Å². The molecule has 0 aliphatic heterocycles. The molecule has 0 spiro atoms. The first-order chi connectivity index (χ1) is 11.3. The summed E-state index contributed by atoms with van der Waals surface area (Å²) in [6, 6.07) is 0. The summed E-state index contributed by atoms with van der Waals surface area (Å²) in [5, 5.41) is 10.5. The van der Waals surface area contributed by atoms with Crippen LogP contribution >= 0.6 is 0 Å². The summed E-state index contributed by atoms with van der Waals surface area (Å²) in [5.41, 5.74) is -0.299. The van der Waals surface area contributed by atoms with Crippen molar-refractivity contribution < 1.29 is 14.7 Å². The van der Waals surface area contributed by atoms with Gasteiger partial charge in [0.1, 0.15) is 11.6 Å². The van der Waals surface area contributed by atoms with Crippen molar-refractivity contribution in [3.8, 4) is 12.3 Å². The maximum absolute atomic E-state index is 13.1. The van der Waals surface area contributed by atoms with Crippen molar-refractivity contribution in [1.82, 2.24) is 0 Å². The van der Waals surface area contributed by atoms with Crippen LogP contribution < -0.4 is 0 Å². The van der Waals surface area contributed by atoms with Crippen molar-refractivity contribution in [2.45, 2.75) is 64.9 Å². The zero-order chi connectivity index (χ0) is 17.3. The Hall–Kier alpha value is -1.14. The first-order valence-electron chi connectivity index (χ1n) is 9.51. The molecular weight excluding hydrogens is 300 g/mol. The van der Waals surface area contributed by atoms with Gasteiger partial charge in [-0.3, -0.25) is 9.59 Å². The van der Waals surface area contributed by atoms with Crippen LogP contribution in [0.2, 0.25) is 0 Å². The molecule has 0 aromatic rings. The summed E-state index contributed by atoms with van der Waals surface area (Å²) in [4.78, 5) is 25.5. The van der Waals surface area contributed by atoms with Crippen molar-refractivity contribution in [3.63, 3.8) is 0 Å². The van der Waals surface area contributed by atoms with Gasteiger partial charge in [0, 0.05) is 30.1 Å². The van der Waals surface area contributed by atoms with Crippen LogP contribution in [-0.4, -0.2) is 22.8 Å². The zero-order valence-corrected chi connectivity index (χ0v) is 14.8. The first kappa shape index (κ1) is 16.3. The Balaban J connectivity index is 1.70. The van der Waals surface area contributed by atoms with Crippen LogP contribution in [0.15, 0.2) is 0 Å². The molecule has 130 valence electrons. The molecule has 3 heteroatoms. The summed E-state index contributed by atoms with van der Waals surface area (Å²) < 4.78 is 0. The number of aliphatic hydroxyl groups is 1. The van der Waals surface area contributed by atoms with E-state index in [1.807, 2.05) is 0 Å². The minimum atomic E-state index is -0.455. The van der Waals surface area contributed by atoms with E-state index in [9.17, 15) is 14.7 Å². The molecule has 24 heavy (non-hydrogen) atoms. The summed E-state index contributed by atoms with van der Waals surface area (Å²) in [7, 11) is 0. The van der Waals surface area contributed by atoms with Gasteiger partial charge in [0.05, 0.1) is 6.10 Å². The van der Waals surface area contributed by atoms with Crippen LogP contribution in [0, 0.1) is 52.8 Å². The molecule has 3 nitrogen and oxygen atoms in total. The van der Waals surface area contributed by atoms with Gasteiger partial charge in [0.15, 0.2) is 0 Å². The molecule has 4 fully saturated rings. The van der Waals surface area contributed by atoms with E-state index in [0.717, 1.165) is 25.7 Å². The number of aliphatic hydroxyl groups excluding tert-OH is 1. The summed E-state index contributed by atoms with van der Waals surface area (Å²) in [6.45, 7) is 4.37. The van der Waals surface area contributed by atoms with Crippen molar-refractivity contribution in [2.24, 2.45) is 40.4 Å². The number of hydrogen-bond donors (Lipinski definition) is 1. The molecule has 8 atom stereocenters. The van der Waals surface area contributed by atoms with Crippen molar-refractivity contribution in [2.75, 3.05) is 0 Å². The third-order valence-electron chi connectivity index (χ3n) is 8.44. The standard InChI is InChI=1S/C21H28O3/c1-4-12-9-13-10-16(22)19-14-5-6-18(24)20(14,2)8-7-15(19)21(13,3)11-17(12)23/h1,12-15,17,19,23H,5-11H2,2-3H3/t12-,13-,14+,15-,17+,19+,20+,21+/m1/s1. The van der Waals surface area contributed by atoms with E-state index in [1.54, 1.807) is 0 Å². The van der Waals surface area contributed by atoms with Crippen LogP contribution in [-0.2, 0) is 9.59 Å². The summed E-state index contributed by atoms with van der Waals surface area (Å²) in [6.07, 6.45) is 10.6. The smallest absolute Gasteiger partial charge is 0.139 e. The highest BCUT2D eigenvalue weighted by Crippen LogP contribution is 2.64. The molecule has 4 aliphatic rings. The van der Waals surface area contributed by atoms with Crippen molar-refractivity contribution in [1.29, 1.82) is 0 Å². The minimum Gasteiger partial charge on any atom is -0.392 e. The highest BCUT2D eigenvalue weighted by molar-refractivity contribution is 5.90. The van der Waals surface area contributed by atoms with Gasteiger partial charge in [-0.1, -0.05) is 13.8 Å². The Kier molecular flexibility index (Phi) is 3.52. The molecule has 0 aromatic carbocycles. The van der Waals surface area contributed by atoms with Gasteiger partial charge >= 0.3 is 0 Å². The van der Waals surface area contributed by atoms with E-state index in [1.165, 1.54) is 0 Å². The second-order valence-corrected chi connectivity index (χ2v) is 9.31. The second-order valence-electron chi connectivity index (χ2n) is 9.31. The highest BCUT2D eigenvalue weighted by atomic mass is 16.3. The van der Waals surface area contributed by atoms with E-state index in [-0.39, 0.29) is 34.5 Å². The quantitative estimate of drug-likeness (QED) is 0.696. The molecule has 0 amide bonds. The first-order valence-corrected chi connectivity index (χ1v) is 9.51. The largest absolute Gasteiger partial charge is 0.392 e. The normalized spacial score (nSPS) is 53.8. The van der Waals surface area contributed by atoms with E-state index in [4.69, 9.17) is 6.42 Å². The summed E-state index contributed by atoms with van der Waals surface area (Å²) >= 11 is 0. The van der Waals surface area contributed by atoms with Gasteiger partial charge in [-0.2, -0.15) is 0 Å². The fraction of sp³-hybridized carbons (Fsp3) is 0.810. The Morgan fingerprint density at radius 3 is 2.67 bits per heavy atom. The average molecular weight is 328 g/mol. The molecule has 4 aliphatic carbocycles. The van der Waals surface area contributed by atoms with E-state index < -0.39 is 6.10 Å². The number of ketones is 2. The lowest BCUT2D eigenvalue weighted by Crippen LogP contribution is -2.58. The number of fused-ring (bicyclic) bond motifs is 5. The second kappa shape index (κ2) is 5.18. The van der Waals surface area contributed by atoms with Crippen molar-refractivity contribution >= 4 is 11.6 Å². The molecule has 4 saturated carbocycles. The molecule has 0 aromatic heterocycles. The van der Waals surface area contributed by atoms with Gasteiger partial charge < -0.3 is 5.11 Å². The lowest BCUT2D eigenvalue weighted by molar-refractivity contribution is -0.164. The number of terminal acetylenes is 1. The van der Waals surface area contributed by atoms with Gasteiger partial charge in [0.2, 0.25) is 0 Å². The van der Waals surface area contributed by atoms with Crippen LogP contribution in [0.4, 0.5) is 0 Å². The highest BCUT2D eigenvalue weighted by Gasteiger charge is 2.63. The Morgan fingerprint density at radius 1 is 1.21 bits per heavy atom. The molecule has 0 saturated heterocycles. The molecular formula is C21H28O3. The third-order valence-corrected chi connectivity index (χ3v) is 8.44. The number of carbonyl (C=O) groups is 2. The Bertz CT molecular complexity index is 631. The third kappa shape index (κ3) is 1.96. The van der Waals surface area contributed by atoms with Gasteiger partial charge in [-0.25, -0.2) is 0 Å². The molecule has 1 N–H and O–H groups in total. The van der Waals surface area contributed by atoms with Gasteiger partial charge in [0.25, 0.3) is 0 Å². The van der Waals surface area contributed by atoms with Crippen molar-refractivity contribution in [3.05, 3.63) is 0 Å². The molecule has 0 bridgehead atoms. The maximum Gasteiger partial charge on any atom is 0.139 e. The van der Waals surface area contributed by atoms with Gasteiger partial charge in [-0.15, -0.1) is 12.3 Å². The molecule has 4 rings (SSSR count). The maximum atomic E-state index is 13.1. The predicted molar refractivity (Wildman–Crippen MR) is 90.8 cm³/mol. The molecule has 0 heterocycles. The Morgan fingerprint density at radius 2 is 1.96 bits per heavy atom. The molecule has 0 radical (unpaired) electrons. The fourth-order valence-corrected chi connectivity index (χ4v) is 6.92. The lowest BCUT2D eigenvalue weighted by Gasteiger charge is -2.59. The van der Waals surface area contributed by atoms with E-state index >= 15 is 0 Å². The molecule has 0 unspecified atom stereocenters. The zero-order valence-electron chi connectivity index (χ0n) is 14.8. The lowest BCUT2D eigenvalue weighted by atomic mass is 9.44. The number of carbonyl (C=O) groups excluding carboxylic acids is 2. The van der Waals surface area contributed by atoms with Crippen LogP contribution in [0.25, 0.3) is 0 Å². The number of rotatable bonds is 0. The van der Waals surface area contributed by atoms with E-state index in [2.05, 4.69) is 19.8 Å². The van der Waals surface area contributed by atoms with Crippen LogP contribution in [0.3, 0.4) is 0 Å². The van der Waals surface area contributed by atoms with Crippen LogP contribution in [0.1, 0.15) is 58.8 Å². The fourth-order valence-electron chi connectivity index (χ4n) is 6.92. The monoisotopic (exact) mass is 328 g/mol.